The number of anilines is 1. The van der Waals surface area contributed by atoms with Crippen LogP contribution in [0.3, 0.4) is 0 Å². The van der Waals surface area contributed by atoms with Crippen LogP contribution in [0.15, 0.2) is 54.6 Å². The molecule has 0 bridgehead atoms. The first-order valence-corrected chi connectivity index (χ1v) is 9.18. The molecular weight excluding hydrogens is 340 g/mol. The number of carbonyl (C=O) groups is 2. The highest BCUT2D eigenvalue weighted by molar-refractivity contribution is 5.92. The van der Waals surface area contributed by atoms with Gasteiger partial charge in [0.1, 0.15) is 5.75 Å². The Labute approximate surface area is 161 Å². The Kier molecular flexibility index (Phi) is 7.41. The summed E-state index contributed by atoms with van der Waals surface area (Å²) >= 11 is 0. The third-order valence-electron chi connectivity index (χ3n) is 4.45. The molecule has 0 saturated carbocycles. The van der Waals surface area contributed by atoms with Gasteiger partial charge in [-0.25, -0.2) is 0 Å². The van der Waals surface area contributed by atoms with E-state index in [1.165, 1.54) is 6.92 Å². The molecule has 2 amide bonds. The van der Waals surface area contributed by atoms with Crippen LogP contribution < -0.4 is 9.64 Å². The maximum absolute atomic E-state index is 12.8. The van der Waals surface area contributed by atoms with Gasteiger partial charge in [-0.1, -0.05) is 30.3 Å². The van der Waals surface area contributed by atoms with E-state index in [4.69, 9.17) is 4.74 Å². The molecule has 0 N–H and O–H groups in total. The Morgan fingerprint density at radius 1 is 1.00 bits per heavy atom. The zero-order valence-electron chi connectivity index (χ0n) is 16.5. The predicted molar refractivity (Wildman–Crippen MR) is 108 cm³/mol. The van der Waals surface area contributed by atoms with Crippen molar-refractivity contribution in [3.8, 4) is 5.75 Å². The summed E-state index contributed by atoms with van der Waals surface area (Å²) in [5.41, 5.74) is 1.85. The second-order valence-corrected chi connectivity index (χ2v) is 6.72. The molecule has 0 atom stereocenters. The molecule has 0 saturated heterocycles. The first kappa shape index (κ1) is 20.5. The lowest BCUT2D eigenvalue weighted by Crippen LogP contribution is -2.39. The van der Waals surface area contributed by atoms with Gasteiger partial charge in [-0.15, -0.1) is 0 Å². The zero-order valence-corrected chi connectivity index (χ0v) is 16.5. The van der Waals surface area contributed by atoms with Crippen molar-refractivity contribution >= 4 is 17.5 Å². The Balaban J connectivity index is 2.05. The number of amides is 2. The van der Waals surface area contributed by atoms with Crippen LogP contribution in [0, 0.1) is 0 Å². The minimum Gasteiger partial charge on any atom is -0.497 e. The number of carbonyl (C=O) groups excluding carboxylic acids is 2. The Hall–Kier alpha value is -2.82. The first-order valence-electron chi connectivity index (χ1n) is 9.18. The van der Waals surface area contributed by atoms with Crippen molar-refractivity contribution in [3.63, 3.8) is 0 Å². The normalized spacial score (nSPS) is 10.6. The van der Waals surface area contributed by atoms with E-state index in [0.29, 0.717) is 13.1 Å². The van der Waals surface area contributed by atoms with Gasteiger partial charge in [0.25, 0.3) is 0 Å². The van der Waals surface area contributed by atoms with Crippen LogP contribution >= 0.6 is 0 Å². The van der Waals surface area contributed by atoms with E-state index < -0.39 is 0 Å². The van der Waals surface area contributed by atoms with Crippen molar-refractivity contribution in [1.29, 1.82) is 0 Å². The quantitative estimate of drug-likeness (QED) is 0.711. The number of rotatable bonds is 8. The second kappa shape index (κ2) is 9.76. The molecule has 144 valence electrons. The average Bonchev–Trinajstić information content (AvgIpc) is 2.67. The molecule has 5 heteroatoms. The van der Waals surface area contributed by atoms with Gasteiger partial charge in [0, 0.05) is 38.2 Å². The van der Waals surface area contributed by atoms with Gasteiger partial charge in [0.15, 0.2) is 0 Å². The molecule has 2 aromatic rings. The molecule has 0 aliphatic carbocycles. The highest BCUT2D eigenvalue weighted by atomic mass is 16.5. The number of methoxy groups -OCH3 is 1. The van der Waals surface area contributed by atoms with E-state index in [2.05, 4.69) is 0 Å². The van der Waals surface area contributed by atoms with Crippen LogP contribution in [0.4, 0.5) is 5.69 Å². The molecule has 0 fully saturated rings. The van der Waals surface area contributed by atoms with Gasteiger partial charge < -0.3 is 14.5 Å². The van der Waals surface area contributed by atoms with Gasteiger partial charge in [0.2, 0.25) is 11.8 Å². The smallest absolute Gasteiger partial charge is 0.224 e. The Bertz CT molecular complexity index is 742. The van der Waals surface area contributed by atoms with Crippen LogP contribution in [0.5, 0.6) is 5.75 Å². The average molecular weight is 368 g/mol. The maximum atomic E-state index is 12.8. The van der Waals surface area contributed by atoms with E-state index in [1.807, 2.05) is 73.3 Å². The monoisotopic (exact) mass is 368 g/mol. The topological polar surface area (TPSA) is 49.9 Å². The number of benzene rings is 2. The fourth-order valence-electron chi connectivity index (χ4n) is 2.92. The number of nitrogens with zero attached hydrogens (tertiary/aromatic N) is 2. The van der Waals surface area contributed by atoms with Gasteiger partial charge >= 0.3 is 0 Å². The summed E-state index contributed by atoms with van der Waals surface area (Å²) in [6, 6.07) is 17.3. The van der Waals surface area contributed by atoms with Crippen molar-refractivity contribution in [1.82, 2.24) is 4.90 Å². The maximum Gasteiger partial charge on any atom is 0.224 e. The molecule has 0 aliphatic heterocycles. The Morgan fingerprint density at radius 2 is 1.63 bits per heavy atom. The van der Waals surface area contributed by atoms with Crippen molar-refractivity contribution in [2.45, 2.75) is 39.8 Å². The van der Waals surface area contributed by atoms with Crippen LogP contribution in [0.1, 0.15) is 32.8 Å². The van der Waals surface area contributed by atoms with Gasteiger partial charge in [-0.2, -0.15) is 0 Å². The van der Waals surface area contributed by atoms with Crippen LogP contribution in [0.2, 0.25) is 0 Å². The van der Waals surface area contributed by atoms with E-state index >= 15 is 0 Å². The summed E-state index contributed by atoms with van der Waals surface area (Å²) in [6.45, 7) is 6.44. The summed E-state index contributed by atoms with van der Waals surface area (Å²) in [6.07, 6.45) is 0.274. The molecule has 0 unspecified atom stereocenters. The van der Waals surface area contributed by atoms with Crippen molar-refractivity contribution in [3.05, 3.63) is 60.2 Å². The van der Waals surface area contributed by atoms with Crippen LogP contribution in [0.25, 0.3) is 0 Å². The highest BCUT2D eigenvalue weighted by Gasteiger charge is 2.20. The molecule has 27 heavy (non-hydrogen) atoms. The number of hydrogen-bond acceptors (Lipinski definition) is 3. The lowest BCUT2D eigenvalue weighted by atomic mass is 10.1. The molecule has 0 heterocycles. The van der Waals surface area contributed by atoms with E-state index in [9.17, 15) is 9.59 Å². The molecule has 0 aliphatic rings. The molecule has 0 spiro atoms. The third-order valence-corrected chi connectivity index (χ3v) is 4.45. The first-order chi connectivity index (χ1) is 12.9. The standard InChI is InChI=1S/C22H28N2O3/c1-17(2)24(16-19-8-6-5-7-9-19)22(26)14-15-23(18(3)25)20-10-12-21(27-4)13-11-20/h5-13,17H,14-16H2,1-4H3. The minimum atomic E-state index is -0.0906. The highest BCUT2D eigenvalue weighted by Crippen LogP contribution is 2.20. The summed E-state index contributed by atoms with van der Waals surface area (Å²) in [5.74, 6) is 0.674. The van der Waals surface area contributed by atoms with E-state index in [1.54, 1.807) is 12.0 Å². The molecule has 2 rings (SSSR count). The van der Waals surface area contributed by atoms with E-state index in [0.717, 1.165) is 17.0 Å². The van der Waals surface area contributed by atoms with Crippen molar-refractivity contribution < 1.29 is 14.3 Å². The molecule has 0 aromatic heterocycles. The zero-order chi connectivity index (χ0) is 19.8. The summed E-state index contributed by atoms with van der Waals surface area (Å²) in [4.78, 5) is 28.4. The largest absolute Gasteiger partial charge is 0.497 e. The van der Waals surface area contributed by atoms with Crippen molar-refractivity contribution in [2.24, 2.45) is 0 Å². The van der Waals surface area contributed by atoms with Crippen LogP contribution in [-0.4, -0.2) is 36.4 Å². The Morgan fingerprint density at radius 3 is 2.15 bits per heavy atom. The number of ether oxygens (including phenoxy) is 1. The number of hydrogen-bond donors (Lipinski definition) is 0. The molecule has 0 radical (unpaired) electrons. The lowest BCUT2D eigenvalue weighted by molar-refractivity contribution is -0.133. The van der Waals surface area contributed by atoms with Gasteiger partial charge in [-0.3, -0.25) is 9.59 Å². The van der Waals surface area contributed by atoms with Crippen molar-refractivity contribution in [2.75, 3.05) is 18.6 Å². The summed E-state index contributed by atoms with van der Waals surface area (Å²) < 4.78 is 5.16. The van der Waals surface area contributed by atoms with Crippen LogP contribution in [-0.2, 0) is 16.1 Å². The lowest BCUT2D eigenvalue weighted by Gasteiger charge is -2.28. The van der Waals surface area contributed by atoms with E-state index in [-0.39, 0.29) is 24.3 Å². The predicted octanol–water partition coefficient (Wildman–Crippen LogP) is 3.88. The second-order valence-electron chi connectivity index (χ2n) is 6.72. The summed E-state index contributed by atoms with van der Waals surface area (Å²) in [7, 11) is 1.60. The fraction of sp³-hybridized carbons (Fsp3) is 0.364. The van der Waals surface area contributed by atoms with Gasteiger partial charge in [-0.05, 0) is 43.7 Å². The summed E-state index contributed by atoms with van der Waals surface area (Å²) in [5, 5.41) is 0. The molecule has 5 nitrogen and oxygen atoms in total. The molecule has 2 aromatic carbocycles. The molecular formula is C22H28N2O3. The fourth-order valence-corrected chi connectivity index (χ4v) is 2.92. The van der Waals surface area contributed by atoms with Gasteiger partial charge in [0.05, 0.1) is 7.11 Å². The minimum absolute atomic E-state index is 0.0358. The SMILES string of the molecule is COc1ccc(N(CCC(=O)N(Cc2ccccc2)C(C)C)C(C)=O)cc1. The third kappa shape index (κ3) is 5.84.